The number of benzene rings is 2. The molecule has 0 heterocycles. The first-order valence-corrected chi connectivity index (χ1v) is 8.74. The van der Waals surface area contributed by atoms with E-state index >= 15 is 0 Å². The maximum absolute atomic E-state index is 8.38. The van der Waals surface area contributed by atoms with Gasteiger partial charge in [-0.05, 0) is 60.9 Å². The lowest BCUT2D eigenvalue weighted by molar-refractivity contribution is 0.512. The summed E-state index contributed by atoms with van der Waals surface area (Å²) in [5, 5.41) is 8.38. The van der Waals surface area contributed by atoms with E-state index in [9.17, 15) is 0 Å². The van der Waals surface area contributed by atoms with E-state index in [4.69, 9.17) is 5.11 Å². The normalized spacial score (nSPS) is 13.0. The molecule has 0 aromatic heterocycles. The Labute approximate surface area is 148 Å². The first-order valence-electron chi connectivity index (χ1n) is 7.16. The van der Waals surface area contributed by atoms with E-state index in [-0.39, 0.29) is 0 Å². The molecule has 0 aliphatic heterocycles. The van der Waals surface area contributed by atoms with E-state index in [0.29, 0.717) is 5.76 Å². The molecule has 114 valence electrons. The average molecular weight is 423 g/mol. The van der Waals surface area contributed by atoms with Gasteiger partial charge in [0, 0.05) is 15.0 Å². The molecule has 22 heavy (non-hydrogen) atoms. The third-order valence-corrected chi connectivity index (χ3v) is 4.65. The molecular formula is C19H19Br2O+. The van der Waals surface area contributed by atoms with Gasteiger partial charge in [-0.1, -0.05) is 56.5 Å². The summed E-state index contributed by atoms with van der Waals surface area (Å²) in [4.78, 5) is 0. The highest BCUT2D eigenvalue weighted by atomic mass is 79.9. The molecule has 0 amide bonds. The van der Waals surface area contributed by atoms with Crippen molar-refractivity contribution in [3.8, 4) is 0 Å². The van der Waals surface area contributed by atoms with Crippen LogP contribution in [0.1, 0.15) is 31.4 Å². The molecule has 0 atom stereocenters. The Morgan fingerprint density at radius 3 is 1.82 bits per heavy atom. The van der Waals surface area contributed by atoms with Crippen molar-refractivity contribution >= 4 is 43.2 Å². The minimum Gasteiger partial charge on any atom is -0.593 e. The van der Waals surface area contributed by atoms with E-state index < -0.39 is 0 Å². The molecule has 0 aliphatic rings. The van der Waals surface area contributed by atoms with Crippen LogP contribution in [0.25, 0.3) is 11.3 Å². The number of allylic oxidation sites excluding steroid dienone is 3. The summed E-state index contributed by atoms with van der Waals surface area (Å²) in [6, 6.07) is 16.1. The van der Waals surface area contributed by atoms with Crippen molar-refractivity contribution in [1.29, 1.82) is 0 Å². The lowest BCUT2D eigenvalue weighted by atomic mass is 9.97. The van der Waals surface area contributed by atoms with E-state index in [1.807, 2.05) is 42.5 Å². The molecule has 0 aliphatic carbocycles. The van der Waals surface area contributed by atoms with Gasteiger partial charge >= 0.3 is 0 Å². The van der Waals surface area contributed by atoms with Crippen molar-refractivity contribution in [3.63, 3.8) is 0 Å². The Bertz CT molecular complexity index is 695. The predicted octanol–water partition coefficient (Wildman–Crippen LogP) is 6.16. The number of halogens is 2. The SMILES string of the molecule is CC/C(C)=C(\C=C(/[OH2+])c1ccc(Br)cc1)c1ccc(Br)cc1. The lowest BCUT2D eigenvalue weighted by Gasteiger charge is -2.08. The van der Waals surface area contributed by atoms with E-state index in [1.165, 1.54) is 5.57 Å². The van der Waals surface area contributed by atoms with Crippen molar-refractivity contribution in [2.75, 3.05) is 0 Å². The summed E-state index contributed by atoms with van der Waals surface area (Å²) in [6.07, 6.45) is 2.93. The molecule has 2 rings (SSSR count). The summed E-state index contributed by atoms with van der Waals surface area (Å²) in [6.45, 7) is 4.27. The van der Waals surface area contributed by atoms with Gasteiger partial charge in [-0.25, -0.2) is 0 Å². The maximum Gasteiger partial charge on any atom is 0.261 e. The second-order valence-electron chi connectivity index (χ2n) is 5.12. The molecule has 0 radical (unpaired) electrons. The summed E-state index contributed by atoms with van der Waals surface area (Å²) in [5.74, 6) is 0.526. The van der Waals surface area contributed by atoms with Gasteiger partial charge in [-0.2, -0.15) is 0 Å². The van der Waals surface area contributed by atoms with Gasteiger partial charge in [-0.3, -0.25) is 0 Å². The van der Waals surface area contributed by atoms with E-state index in [2.05, 4.69) is 57.8 Å². The molecule has 0 fully saturated rings. The number of hydrogen-bond acceptors (Lipinski definition) is 0. The Balaban J connectivity index is 2.45. The summed E-state index contributed by atoms with van der Waals surface area (Å²) < 4.78 is 2.09. The zero-order chi connectivity index (χ0) is 16.1. The summed E-state index contributed by atoms with van der Waals surface area (Å²) in [7, 11) is 0. The number of rotatable bonds is 4. The Morgan fingerprint density at radius 2 is 1.36 bits per heavy atom. The minimum atomic E-state index is 0.526. The van der Waals surface area contributed by atoms with Crippen molar-refractivity contribution < 1.29 is 5.11 Å². The van der Waals surface area contributed by atoms with Crippen LogP contribution in [-0.4, -0.2) is 5.11 Å². The van der Waals surface area contributed by atoms with Crippen LogP contribution in [0.15, 0.2) is 69.1 Å². The molecule has 2 N–H and O–H groups in total. The highest BCUT2D eigenvalue weighted by Gasteiger charge is 2.09. The molecule has 0 saturated carbocycles. The smallest absolute Gasteiger partial charge is 0.261 e. The van der Waals surface area contributed by atoms with Crippen LogP contribution >= 0.6 is 31.9 Å². The van der Waals surface area contributed by atoms with Crippen LogP contribution in [0, 0.1) is 0 Å². The first-order chi connectivity index (χ1) is 10.5. The fourth-order valence-electron chi connectivity index (χ4n) is 2.13. The molecule has 0 saturated heterocycles. The first kappa shape index (κ1) is 17.0. The average Bonchev–Trinajstić information content (AvgIpc) is 2.53. The van der Waals surface area contributed by atoms with Gasteiger partial charge in [-0.15, -0.1) is 0 Å². The second-order valence-corrected chi connectivity index (χ2v) is 6.95. The topological polar surface area (TPSA) is 22.9 Å². The Kier molecular flexibility index (Phi) is 6.04. The fraction of sp³-hybridized carbons (Fsp3) is 0.158. The predicted molar refractivity (Wildman–Crippen MR) is 103 cm³/mol. The van der Waals surface area contributed by atoms with Gasteiger partial charge in [0.25, 0.3) is 5.76 Å². The standard InChI is InChI=1S/C19H18Br2O/c1-3-13(2)18(14-4-8-16(20)9-5-14)12-19(22)15-6-10-17(21)11-7-15/h4-12,22H,3H2,1-2H3/p+1/b18-13+,19-12-. The molecule has 1 nitrogen and oxygen atoms in total. The van der Waals surface area contributed by atoms with Crippen molar-refractivity contribution in [2.24, 2.45) is 0 Å². The molecule has 3 heteroatoms. The largest absolute Gasteiger partial charge is 0.593 e. The van der Waals surface area contributed by atoms with E-state index in [0.717, 1.165) is 32.1 Å². The van der Waals surface area contributed by atoms with Crippen LogP contribution in [-0.2, 0) is 0 Å². The maximum atomic E-state index is 8.38. The van der Waals surface area contributed by atoms with Gasteiger partial charge in [0.15, 0.2) is 0 Å². The van der Waals surface area contributed by atoms with Gasteiger partial charge < -0.3 is 5.11 Å². The zero-order valence-electron chi connectivity index (χ0n) is 12.7. The summed E-state index contributed by atoms with van der Waals surface area (Å²) >= 11 is 6.90. The van der Waals surface area contributed by atoms with Crippen LogP contribution in [0.2, 0.25) is 0 Å². The molecule has 0 spiro atoms. The van der Waals surface area contributed by atoms with E-state index in [1.54, 1.807) is 0 Å². The number of hydrogen-bond donors (Lipinski definition) is 0. The van der Waals surface area contributed by atoms with Crippen LogP contribution in [0.4, 0.5) is 0 Å². The quantitative estimate of drug-likeness (QED) is 0.320. The van der Waals surface area contributed by atoms with Crippen LogP contribution in [0.3, 0.4) is 0 Å². The Morgan fingerprint density at radius 1 is 0.909 bits per heavy atom. The van der Waals surface area contributed by atoms with Gasteiger partial charge in [0.2, 0.25) is 0 Å². The van der Waals surface area contributed by atoms with Crippen molar-refractivity contribution in [1.82, 2.24) is 0 Å². The van der Waals surface area contributed by atoms with Gasteiger partial charge in [0.05, 0.1) is 5.56 Å². The zero-order valence-corrected chi connectivity index (χ0v) is 15.8. The minimum absolute atomic E-state index is 0.526. The van der Waals surface area contributed by atoms with Gasteiger partial charge in [0.1, 0.15) is 0 Å². The molecular weight excluding hydrogens is 404 g/mol. The molecule has 2 aromatic carbocycles. The Hall–Kier alpha value is -1.32. The third-order valence-electron chi connectivity index (χ3n) is 3.59. The van der Waals surface area contributed by atoms with Crippen molar-refractivity contribution in [2.45, 2.75) is 20.3 Å². The monoisotopic (exact) mass is 421 g/mol. The highest BCUT2D eigenvalue weighted by Crippen LogP contribution is 2.27. The summed E-state index contributed by atoms with van der Waals surface area (Å²) in [5.41, 5.74) is 4.47. The molecule has 0 unspecified atom stereocenters. The van der Waals surface area contributed by atoms with Crippen LogP contribution < -0.4 is 0 Å². The van der Waals surface area contributed by atoms with Crippen molar-refractivity contribution in [3.05, 3.63) is 80.3 Å². The third kappa shape index (κ3) is 4.34. The molecule has 0 bridgehead atoms. The van der Waals surface area contributed by atoms with Crippen LogP contribution in [0.5, 0.6) is 0 Å². The lowest BCUT2D eigenvalue weighted by Crippen LogP contribution is -1.90. The highest BCUT2D eigenvalue weighted by molar-refractivity contribution is 9.10. The second kappa shape index (κ2) is 7.80. The molecule has 2 aromatic rings. The fourth-order valence-corrected chi connectivity index (χ4v) is 2.66.